The van der Waals surface area contributed by atoms with Gasteiger partial charge >= 0.3 is 5.97 Å². The van der Waals surface area contributed by atoms with E-state index in [0.29, 0.717) is 19.4 Å². The molecule has 6 heteroatoms. The summed E-state index contributed by atoms with van der Waals surface area (Å²) in [6, 6.07) is -0.545. The summed E-state index contributed by atoms with van der Waals surface area (Å²) in [4.78, 5) is 35.5. The molecule has 0 aromatic carbocycles. The number of piperidine rings is 1. The Kier molecular flexibility index (Phi) is 5.27. The fourth-order valence-corrected chi connectivity index (χ4v) is 1.94. The first-order valence-corrected chi connectivity index (χ1v) is 6.17. The topological polar surface area (TPSA) is 75.7 Å². The van der Waals surface area contributed by atoms with Crippen LogP contribution in [0, 0.1) is 0 Å². The molecular formula is C12H20N2O4. The summed E-state index contributed by atoms with van der Waals surface area (Å²) in [6.45, 7) is 3.92. The van der Waals surface area contributed by atoms with Crippen LogP contribution < -0.4 is 5.32 Å². The highest BCUT2D eigenvalue weighted by molar-refractivity contribution is 6.00. The Balaban J connectivity index is 2.44. The summed E-state index contributed by atoms with van der Waals surface area (Å²) >= 11 is 0. The normalized spacial score (nSPS) is 21.9. The van der Waals surface area contributed by atoms with Gasteiger partial charge in [-0.2, -0.15) is 0 Å². The van der Waals surface area contributed by atoms with Gasteiger partial charge in [0.25, 0.3) is 0 Å². The lowest BCUT2D eigenvalue weighted by Crippen LogP contribution is -2.53. The molecule has 2 atom stereocenters. The zero-order valence-electron chi connectivity index (χ0n) is 11.1. The van der Waals surface area contributed by atoms with Crippen LogP contribution in [-0.2, 0) is 19.1 Å². The van der Waals surface area contributed by atoms with Gasteiger partial charge in [-0.25, -0.2) is 0 Å². The van der Waals surface area contributed by atoms with Crippen molar-refractivity contribution in [1.82, 2.24) is 10.2 Å². The molecule has 1 aliphatic rings. The second kappa shape index (κ2) is 6.49. The van der Waals surface area contributed by atoms with Crippen molar-refractivity contribution in [3.63, 3.8) is 0 Å². The molecule has 0 bridgehead atoms. The number of carbonyl (C=O) groups is 3. The van der Waals surface area contributed by atoms with Crippen LogP contribution in [0.2, 0.25) is 0 Å². The molecule has 1 aliphatic heterocycles. The van der Waals surface area contributed by atoms with E-state index >= 15 is 0 Å². The average Bonchev–Trinajstić information content (AvgIpc) is 2.30. The Morgan fingerprint density at radius 2 is 2.22 bits per heavy atom. The molecule has 0 saturated carbocycles. The maximum atomic E-state index is 11.8. The van der Waals surface area contributed by atoms with E-state index in [2.05, 4.69) is 5.32 Å². The number of nitrogens with zero attached hydrogens (tertiary/aromatic N) is 1. The molecule has 2 amide bonds. The summed E-state index contributed by atoms with van der Waals surface area (Å²) < 4.78 is 4.84. The van der Waals surface area contributed by atoms with Gasteiger partial charge in [0, 0.05) is 19.5 Å². The minimum absolute atomic E-state index is 0.153. The molecule has 1 rings (SSSR count). The van der Waals surface area contributed by atoms with Crippen molar-refractivity contribution in [2.45, 2.75) is 45.2 Å². The molecule has 2 unspecified atom stereocenters. The molecule has 1 heterocycles. The van der Waals surface area contributed by atoms with E-state index in [1.807, 2.05) is 6.92 Å². The number of esters is 1. The standard InChI is InChI=1S/C12H20N2O4/c1-4-18-11(16)7-8(2)13-9-5-6-10(15)14(3)12(9)17/h8-9,13H,4-7H2,1-3H3. The van der Waals surface area contributed by atoms with Crippen molar-refractivity contribution in [2.24, 2.45) is 0 Å². The second-order valence-electron chi connectivity index (χ2n) is 4.46. The molecule has 18 heavy (non-hydrogen) atoms. The van der Waals surface area contributed by atoms with E-state index in [1.54, 1.807) is 6.92 Å². The molecule has 1 N–H and O–H groups in total. The van der Waals surface area contributed by atoms with E-state index in [0.717, 1.165) is 4.90 Å². The van der Waals surface area contributed by atoms with Gasteiger partial charge in [-0.3, -0.25) is 19.3 Å². The molecule has 0 aromatic heterocycles. The number of likely N-dealkylation sites (tertiary alicyclic amines) is 1. The smallest absolute Gasteiger partial charge is 0.307 e. The number of ether oxygens (including phenoxy) is 1. The molecule has 0 spiro atoms. The van der Waals surface area contributed by atoms with Gasteiger partial charge in [-0.15, -0.1) is 0 Å². The zero-order chi connectivity index (χ0) is 13.7. The van der Waals surface area contributed by atoms with E-state index < -0.39 is 6.04 Å². The first-order valence-electron chi connectivity index (χ1n) is 6.17. The van der Waals surface area contributed by atoms with E-state index in [9.17, 15) is 14.4 Å². The number of hydrogen-bond donors (Lipinski definition) is 1. The molecule has 1 saturated heterocycles. The minimum Gasteiger partial charge on any atom is -0.466 e. The quantitative estimate of drug-likeness (QED) is 0.556. The van der Waals surface area contributed by atoms with Crippen LogP contribution >= 0.6 is 0 Å². The molecule has 102 valence electrons. The Morgan fingerprint density at radius 1 is 1.56 bits per heavy atom. The first kappa shape index (κ1) is 14.6. The Hall–Kier alpha value is -1.43. The third-order valence-corrected chi connectivity index (χ3v) is 2.91. The molecular weight excluding hydrogens is 236 g/mol. The molecule has 0 aliphatic carbocycles. The van der Waals surface area contributed by atoms with Gasteiger partial charge in [0.05, 0.1) is 19.1 Å². The highest BCUT2D eigenvalue weighted by Crippen LogP contribution is 2.12. The molecule has 1 fully saturated rings. The number of rotatable bonds is 5. The van der Waals surface area contributed by atoms with Crippen molar-refractivity contribution < 1.29 is 19.1 Å². The van der Waals surface area contributed by atoms with Crippen molar-refractivity contribution >= 4 is 17.8 Å². The molecule has 0 aromatic rings. The van der Waals surface area contributed by atoms with Crippen LogP contribution in [0.3, 0.4) is 0 Å². The third-order valence-electron chi connectivity index (χ3n) is 2.91. The Morgan fingerprint density at radius 3 is 2.83 bits per heavy atom. The van der Waals surface area contributed by atoms with E-state index in [1.165, 1.54) is 7.05 Å². The van der Waals surface area contributed by atoms with E-state index in [4.69, 9.17) is 4.74 Å². The predicted octanol–water partition coefficient (Wildman–Crippen LogP) is 0.0651. The number of imide groups is 1. The highest BCUT2D eigenvalue weighted by atomic mass is 16.5. The van der Waals surface area contributed by atoms with Gasteiger partial charge in [0.2, 0.25) is 11.8 Å². The fourth-order valence-electron chi connectivity index (χ4n) is 1.94. The van der Waals surface area contributed by atoms with Crippen LogP contribution in [0.25, 0.3) is 0 Å². The maximum Gasteiger partial charge on any atom is 0.307 e. The van der Waals surface area contributed by atoms with E-state index in [-0.39, 0.29) is 30.2 Å². The Bertz CT molecular complexity index is 343. The van der Waals surface area contributed by atoms with Gasteiger partial charge < -0.3 is 10.1 Å². The monoisotopic (exact) mass is 256 g/mol. The first-order chi connectivity index (χ1) is 8.45. The van der Waals surface area contributed by atoms with Crippen LogP contribution in [0.1, 0.15) is 33.1 Å². The zero-order valence-corrected chi connectivity index (χ0v) is 11.1. The van der Waals surface area contributed by atoms with Crippen LogP contribution in [0.5, 0.6) is 0 Å². The van der Waals surface area contributed by atoms with Crippen LogP contribution in [0.4, 0.5) is 0 Å². The summed E-state index contributed by atoms with van der Waals surface area (Å²) in [5, 5.41) is 3.06. The highest BCUT2D eigenvalue weighted by Gasteiger charge is 2.32. The van der Waals surface area contributed by atoms with Crippen molar-refractivity contribution in [3.8, 4) is 0 Å². The summed E-state index contributed by atoms with van der Waals surface area (Å²) in [5.41, 5.74) is 0. The number of nitrogens with one attached hydrogen (secondary N) is 1. The Labute approximate surface area is 107 Å². The number of carbonyl (C=O) groups excluding carboxylic acids is 3. The molecule has 6 nitrogen and oxygen atoms in total. The number of likely N-dealkylation sites (N-methyl/N-ethyl adjacent to an activating group) is 1. The van der Waals surface area contributed by atoms with Crippen molar-refractivity contribution in [1.29, 1.82) is 0 Å². The lowest BCUT2D eigenvalue weighted by molar-refractivity contribution is -0.149. The number of hydrogen-bond acceptors (Lipinski definition) is 5. The SMILES string of the molecule is CCOC(=O)CC(C)NC1CCC(=O)N(C)C1=O. The minimum atomic E-state index is -0.392. The maximum absolute atomic E-state index is 11.8. The predicted molar refractivity (Wildman–Crippen MR) is 64.6 cm³/mol. The van der Waals surface area contributed by atoms with Crippen molar-refractivity contribution in [2.75, 3.05) is 13.7 Å². The lowest BCUT2D eigenvalue weighted by Gasteiger charge is -2.30. The van der Waals surface area contributed by atoms with Gasteiger partial charge in [0.1, 0.15) is 0 Å². The second-order valence-corrected chi connectivity index (χ2v) is 4.46. The summed E-state index contributed by atoms with van der Waals surface area (Å²) in [7, 11) is 1.48. The van der Waals surface area contributed by atoms with Crippen LogP contribution in [-0.4, -0.2) is 48.4 Å². The largest absolute Gasteiger partial charge is 0.466 e. The third kappa shape index (κ3) is 3.80. The summed E-state index contributed by atoms with van der Waals surface area (Å²) in [6.07, 6.45) is 1.05. The van der Waals surface area contributed by atoms with Gasteiger partial charge in [0.15, 0.2) is 0 Å². The van der Waals surface area contributed by atoms with Crippen LogP contribution in [0.15, 0.2) is 0 Å². The number of amides is 2. The average molecular weight is 256 g/mol. The summed E-state index contributed by atoms with van der Waals surface area (Å²) in [5.74, 6) is -0.678. The lowest BCUT2D eigenvalue weighted by atomic mass is 10.0. The van der Waals surface area contributed by atoms with Crippen molar-refractivity contribution in [3.05, 3.63) is 0 Å². The van der Waals surface area contributed by atoms with Gasteiger partial charge in [-0.1, -0.05) is 0 Å². The van der Waals surface area contributed by atoms with Gasteiger partial charge in [-0.05, 0) is 20.3 Å². The fraction of sp³-hybridized carbons (Fsp3) is 0.750. The molecule has 0 radical (unpaired) electrons.